The molecule has 5 heteroatoms. The van der Waals surface area contributed by atoms with Crippen molar-refractivity contribution in [3.8, 4) is 0 Å². The molecule has 2 fully saturated rings. The first-order valence-electron chi connectivity index (χ1n) is 7.66. The molecule has 2 heterocycles. The Hall–Kier alpha value is -1.62. The Morgan fingerprint density at radius 1 is 1.19 bits per heavy atom. The molecule has 114 valence electrons. The number of hydrogen-bond acceptors (Lipinski definition) is 3. The maximum Gasteiger partial charge on any atom is 0.227 e. The van der Waals surface area contributed by atoms with Gasteiger partial charge < -0.3 is 15.1 Å². The molecule has 1 aromatic rings. The molecular formula is C16H22FN3O. The van der Waals surface area contributed by atoms with Crippen molar-refractivity contribution >= 4 is 11.6 Å². The molecule has 0 spiro atoms. The van der Waals surface area contributed by atoms with E-state index in [0.29, 0.717) is 37.8 Å². The molecule has 21 heavy (non-hydrogen) atoms. The zero-order chi connectivity index (χ0) is 14.8. The van der Waals surface area contributed by atoms with Crippen LogP contribution in [0.4, 0.5) is 10.1 Å². The van der Waals surface area contributed by atoms with Crippen molar-refractivity contribution in [2.24, 2.45) is 11.8 Å². The van der Waals surface area contributed by atoms with Gasteiger partial charge in [-0.15, -0.1) is 0 Å². The molecule has 0 radical (unpaired) electrons. The molecule has 2 aliphatic heterocycles. The number of nitrogens with one attached hydrogen (secondary N) is 1. The SMILES string of the molecule is CC1CNCC1C(=O)N1CCN(c2ccccc2F)CC1. The van der Waals surface area contributed by atoms with Crippen LogP contribution in [0.1, 0.15) is 6.92 Å². The Morgan fingerprint density at radius 3 is 2.52 bits per heavy atom. The van der Waals surface area contributed by atoms with Gasteiger partial charge in [0.1, 0.15) is 5.82 Å². The summed E-state index contributed by atoms with van der Waals surface area (Å²) in [7, 11) is 0. The van der Waals surface area contributed by atoms with Crippen molar-refractivity contribution in [1.29, 1.82) is 0 Å². The average Bonchev–Trinajstić information content (AvgIpc) is 2.93. The number of nitrogens with zero attached hydrogens (tertiary/aromatic N) is 2. The highest BCUT2D eigenvalue weighted by atomic mass is 19.1. The van der Waals surface area contributed by atoms with E-state index >= 15 is 0 Å². The minimum absolute atomic E-state index is 0.102. The molecule has 0 saturated carbocycles. The molecule has 0 aromatic heterocycles. The molecular weight excluding hydrogens is 269 g/mol. The van der Waals surface area contributed by atoms with Gasteiger partial charge in [0.2, 0.25) is 5.91 Å². The van der Waals surface area contributed by atoms with E-state index in [1.807, 2.05) is 15.9 Å². The minimum Gasteiger partial charge on any atom is -0.366 e. The van der Waals surface area contributed by atoms with E-state index in [1.165, 1.54) is 6.07 Å². The molecule has 1 aromatic carbocycles. The Morgan fingerprint density at radius 2 is 1.90 bits per heavy atom. The van der Waals surface area contributed by atoms with Crippen molar-refractivity contribution in [2.75, 3.05) is 44.2 Å². The van der Waals surface area contributed by atoms with Crippen molar-refractivity contribution in [1.82, 2.24) is 10.2 Å². The van der Waals surface area contributed by atoms with Gasteiger partial charge >= 0.3 is 0 Å². The molecule has 3 rings (SSSR count). The molecule has 1 amide bonds. The van der Waals surface area contributed by atoms with Gasteiger partial charge in [-0.25, -0.2) is 4.39 Å². The number of rotatable bonds is 2. The zero-order valence-corrected chi connectivity index (χ0v) is 12.4. The molecule has 2 saturated heterocycles. The first kappa shape index (κ1) is 14.3. The van der Waals surface area contributed by atoms with E-state index in [0.717, 1.165) is 13.1 Å². The first-order valence-corrected chi connectivity index (χ1v) is 7.66. The van der Waals surface area contributed by atoms with Crippen LogP contribution in [-0.2, 0) is 4.79 Å². The van der Waals surface area contributed by atoms with E-state index in [1.54, 1.807) is 12.1 Å². The summed E-state index contributed by atoms with van der Waals surface area (Å²) in [6, 6.07) is 6.84. The van der Waals surface area contributed by atoms with Crippen LogP contribution in [0.2, 0.25) is 0 Å². The van der Waals surface area contributed by atoms with Crippen LogP contribution in [-0.4, -0.2) is 50.1 Å². The maximum atomic E-state index is 13.8. The second kappa shape index (κ2) is 6.02. The van der Waals surface area contributed by atoms with Gasteiger partial charge in [-0.2, -0.15) is 0 Å². The van der Waals surface area contributed by atoms with Crippen LogP contribution in [0.15, 0.2) is 24.3 Å². The van der Waals surface area contributed by atoms with E-state index in [-0.39, 0.29) is 17.6 Å². The molecule has 2 aliphatic rings. The first-order chi connectivity index (χ1) is 10.2. The summed E-state index contributed by atoms with van der Waals surface area (Å²) in [5.41, 5.74) is 0.639. The van der Waals surface area contributed by atoms with Crippen LogP contribution in [0.25, 0.3) is 0 Å². The molecule has 0 aliphatic carbocycles. The lowest BCUT2D eigenvalue weighted by atomic mass is 9.96. The predicted molar refractivity (Wildman–Crippen MR) is 80.7 cm³/mol. The Labute approximate surface area is 124 Å². The number of amides is 1. The largest absolute Gasteiger partial charge is 0.366 e. The average molecular weight is 291 g/mol. The molecule has 2 unspecified atom stereocenters. The van der Waals surface area contributed by atoms with Crippen molar-refractivity contribution in [2.45, 2.75) is 6.92 Å². The summed E-state index contributed by atoms with van der Waals surface area (Å²) in [6.07, 6.45) is 0. The normalized spacial score (nSPS) is 26.2. The lowest BCUT2D eigenvalue weighted by molar-refractivity contribution is -0.136. The quantitative estimate of drug-likeness (QED) is 0.893. The highest BCUT2D eigenvalue weighted by Gasteiger charge is 2.34. The number of carbonyl (C=O) groups excluding carboxylic acids is 1. The summed E-state index contributed by atoms with van der Waals surface area (Å²) >= 11 is 0. The van der Waals surface area contributed by atoms with E-state index in [9.17, 15) is 9.18 Å². The monoisotopic (exact) mass is 291 g/mol. The summed E-state index contributed by atoms with van der Waals surface area (Å²) in [6.45, 7) is 6.58. The van der Waals surface area contributed by atoms with Crippen LogP contribution >= 0.6 is 0 Å². The fourth-order valence-corrected chi connectivity index (χ4v) is 3.25. The standard InChI is InChI=1S/C16H22FN3O/c1-12-10-18-11-13(12)16(21)20-8-6-19(7-9-20)15-5-3-2-4-14(15)17/h2-5,12-13,18H,6-11H2,1H3. The minimum atomic E-state index is -0.189. The van der Waals surface area contributed by atoms with Gasteiger partial charge in [-0.05, 0) is 24.6 Å². The third kappa shape index (κ3) is 2.88. The Kier molecular flexibility index (Phi) is 4.10. The lowest BCUT2D eigenvalue weighted by Crippen LogP contribution is -2.51. The second-order valence-corrected chi connectivity index (χ2v) is 6.01. The topological polar surface area (TPSA) is 35.6 Å². The van der Waals surface area contributed by atoms with Crippen LogP contribution in [0.3, 0.4) is 0 Å². The number of piperazine rings is 1. The summed E-state index contributed by atoms with van der Waals surface area (Å²) < 4.78 is 13.8. The van der Waals surface area contributed by atoms with Crippen LogP contribution < -0.4 is 10.2 Å². The van der Waals surface area contributed by atoms with Gasteiger partial charge in [0.25, 0.3) is 0 Å². The fraction of sp³-hybridized carbons (Fsp3) is 0.562. The number of halogens is 1. The number of carbonyl (C=O) groups is 1. The van der Waals surface area contributed by atoms with Gasteiger partial charge in [0.05, 0.1) is 11.6 Å². The van der Waals surface area contributed by atoms with Gasteiger partial charge in [-0.1, -0.05) is 19.1 Å². The third-order valence-corrected chi connectivity index (χ3v) is 4.62. The van der Waals surface area contributed by atoms with Crippen LogP contribution in [0.5, 0.6) is 0 Å². The van der Waals surface area contributed by atoms with Gasteiger partial charge in [0.15, 0.2) is 0 Å². The lowest BCUT2D eigenvalue weighted by Gasteiger charge is -2.37. The summed E-state index contributed by atoms with van der Waals surface area (Å²) in [5.74, 6) is 0.568. The molecule has 4 nitrogen and oxygen atoms in total. The Balaban J connectivity index is 1.60. The van der Waals surface area contributed by atoms with Crippen molar-refractivity contribution in [3.05, 3.63) is 30.1 Å². The van der Waals surface area contributed by atoms with Crippen molar-refractivity contribution < 1.29 is 9.18 Å². The number of hydrogen-bond donors (Lipinski definition) is 1. The highest BCUT2D eigenvalue weighted by Crippen LogP contribution is 2.23. The van der Waals surface area contributed by atoms with Crippen molar-refractivity contribution in [3.63, 3.8) is 0 Å². The van der Waals surface area contributed by atoms with Gasteiger partial charge in [-0.3, -0.25) is 4.79 Å². The predicted octanol–water partition coefficient (Wildman–Crippen LogP) is 1.33. The highest BCUT2D eigenvalue weighted by molar-refractivity contribution is 5.80. The maximum absolute atomic E-state index is 13.8. The fourth-order valence-electron chi connectivity index (χ4n) is 3.25. The smallest absolute Gasteiger partial charge is 0.227 e. The van der Waals surface area contributed by atoms with E-state index in [4.69, 9.17) is 0 Å². The molecule has 2 atom stereocenters. The Bertz CT molecular complexity index is 514. The molecule has 1 N–H and O–H groups in total. The van der Waals surface area contributed by atoms with E-state index in [2.05, 4.69) is 12.2 Å². The van der Waals surface area contributed by atoms with Gasteiger partial charge in [0, 0.05) is 32.7 Å². The zero-order valence-electron chi connectivity index (χ0n) is 12.4. The second-order valence-electron chi connectivity index (χ2n) is 6.01. The molecule has 0 bridgehead atoms. The number of anilines is 1. The summed E-state index contributed by atoms with van der Waals surface area (Å²) in [5, 5.41) is 3.28. The number of para-hydroxylation sites is 1. The third-order valence-electron chi connectivity index (χ3n) is 4.62. The van der Waals surface area contributed by atoms with Crippen LogP contribution in [0, 0.1) is 17.7 Å². The summed E-state index contributed by atoms with van der Waals surface area (Å²) in [4.78, 5) is 16.5. The number of benzene rings is 1. The van der Waals surface area contributed by atoms with E-state index < -0.39 is 0 Å².